The van der Waals surface area contributed by atoms with Crippen molar-refractivity contribution in [2.24, 2.45) is 0 Å². The standard InChI is InChI=1S/C3F7IO/c4-1(5,6)2(7,11)12-3(8,9)10/t2-/m1/s1. The smallest absolute Gasteiger partial charge is 0.237 e. The highest BCUT2D eigenvalue weighted by molar-refractivity contribution is 14.1. The van der Waals surface area contributed by atoms with Crippen molar-refractivity contribution in [3.05, 3.63) is 0 Å². The van der Waals surface area contributed by atoms with Crippen LogP contribution in [0.1, 0.15) is 0 Å². The third kappa shape index (κ3) is 3.74. The van der Waals surface area contributed by atoms with E-state index in [1.165, 1.54) is 0 Å². The van der Waals surface area contributed by atoms with Gasteiger partial charge in [0, 0.05) is 22.6 Å². The Kier molecular flexibility index (Phi) is 3.21. The normalized spacial score (nSPS) is 19.0. The van der Waals surface area contributed by atoms with Crippen LogP contribution in [0.2, 0.25) is 0 Å². The van der Waals surface area contributed by atoms with Gasteiger partial charge in [-0.25, -0.2) is 4.74 Å². The van der Waals surface area contributed by atoms with Gasteiger partial charge in [0.25, 0.3) is 0 Å². The van der Waals surface area contributed by atoms with Crippen molar-refractivity contribution in [1.82, 2.24) is 0 Å². The summed E-state index contributed by atoms with van der Waals surface area (Å²) in [4.78, 5) is 0. The number of ether oxygens (including phenoxy) is 1. The van der Waals surface area contributed by atoms with Gasteiger partial charge in [-0.3, -0.25) is 0 Å². The van der Waals surface area contributed by atoms with Crippen LogP contribution in [0.3, 0.4) is 0 Å². The summed E-state index contributed by atoms with van der Waals surface area (Å²) in [6.45, 7) is 0. The van der Waals surface area contributed by atoms with Crippen molar-refractivity contribution < 1.29 is 35.5 Å². The van der Waals surface area contributed by atoms with Crippen LogP contribution >= 0.6 is 22.6 Å². The van der Waals surface area contributed by atoms with E-state index in [-0.39, 0.29) is 22.6 Å². The summed E-state index contributed by atoms with van der Waals surface area (Å²) in [7, 11) is 0. The van der Waals surface area contributed by atoms with E-state index in [4.69, 9.17) is 0 Å². The maximum atomic E-state index is 12.0. The van der Waals surface area contributed by atoms with Crippen LogP contribution in [0.5, 0.6) is 0 Å². The van der Waals surface area contributed by atoms with Gasteiger partial charge in [-0.1, -0.05) is 0 Å². The minimum Gasteiger partial charge on any atom is -0.237 e. The van der Waals surface area contributed by atoms with E-state index >= 15 is 0 Å². The van der Waals surface area contributed by atoms with E-state index in [0.717, 1.165) is 0 Å². The fourth-order valence-electron chi connectivity index (χ4n) is 0.203. The molecule has 0 amide bonds. The van der Waals surface area contributed by atoms with Crippen LogP contribution in [0.15, 0.2) is 0 Å². The predicted molar refractivity (Wildman–Crippen MR) is 31.1 cm³/mol. The summed E-state index contributed by atoms with van der Waals surface area (Å²) in [6, 6.07) is 0. The highest BCUT2D eigenvalue weighted by Crippen LogP contribution is 2.44. The minimum atomic E-state index is -5.72. The van der Waals surface area contributed by atoms with E-state index in [1.807, 2.05) is 0 Å². The lowest BCUT2D eigenvalue weighted by molar-refractivity contribution is -0.410. The van der Waals surface area contributed by atoms with Gasteiger partial charge in [0.2, 0.25) is 0 Å². The maximum absolute atomic E-state index is 12.0. The number of halogens is 8. The molecule has 74 valence electrons. The van der Waals surface area contributed by atoms with Gasteiger partial charge in [-0.05, 0) is 0 Å². The molecule has 0 bridgehead atoms. The Hall–Kier alpha value is 0.200. The quantitative estimate of drug-likeness (QED) is 0.411. The number of rotatable bonds is 1. The van der Waals surface area contributed by atoms with Gasteiger partial charge in [0.15, 0.2) is 0 Å². The van der Waals surface area contributed by atoms with Crippen LogP contribution in [-0.4, -0.2) is 16.4 Å². The van der Waals surface area contributed by atoms with Crippen LogP contribution < -0.4 is 0 Å². The van der Waals surface area contributed by atoms with Crippen LogP contribution in [0.4, 0.5) is 30.7 Å². The molecule has 0 fully saturated rings. The number of alkyl halides is 8. The molecule has 0 aromatic rings. The zero-order valence-electron chi connectivity index (χ0n) is 4.93. The molecule has 0 saturated heterocycles. The Morgan fingerprint density at radius 1 is 0.833 bits per heavy atom. The molecule has 0 radical (unpaired) electrons. The lowest BCUT2D eigenvalue weighted by Crippen LogP contribution is -2.41. The summed E-state index contributed by atoms with van der Waals surface area (Å²) in [5.41, 5.74) is 0. The van der Waals surface area contributed by atoms with Crippen molar-refractivity contribution in [2.75, 3.05) is 0 Å². The zero-order chi connectivity index (χ0) is 10.2. The van der Waals surface area contributed by atoms with Crippen molar-refractivity contribution in [3.63, 3.8) is 0 Å². The molecular formula is C3F7IO. The molecule has 0 aliphatic carbocycles. The van der Waals surface area contributed by atoms with Crippen molar-refractivity contribution in [2.45, 2.75) is 16.4 Å². The second-order valence-electron chi connectivity index (χ2n) is 1.56. The molecule has 0 heterocycles. The Labute approximate surface area is 75.0 Å². The molecule has 0 aliphatic heterocycles. The van der Waals surface area contributed by atoms with Crippen LogP contribution in [0, 0.1) is 0 Å². The predicted octanol–water partition coefficient (Wildman–Crippen LogP) is 3.14. The molecule has 0 aliphatic rings. The van der Waals surface area contributed by atoms with Gasteiger partial charge in [-0.15, -0.1) is 13.2 Å². The highest BCUT2D eigenvalue weighted by atomic mass is 127. The van der Waals surface area contributed by atoms with Crippen molar-refractivity contribution >= 4 is 22.6 Å². The highest BCUT2D eigenvalue weighted by Gasteiger charge is 2.61. The fourth-order valence-corrected chi connectivity index (χ4v) is 0.453. The first-order chi connectivity index (χ1) is 4.96. The third-order valence-electron chi connectivity index (χ3n) is 0.574. The molecule has 0 unspecified atom stereocenters. The van der Waals surface area contributed by atoms with E-state index in [2.05, 4.69) is 4.74 Å². The lowest BCUT2D eigenvalue weighted by Gasteiger charge is -2.22. The Morgan fingerprint density at radius 2 is 1.17 bits per heavy atom. The first-order valence-electron chi connectivity index (χ1n) is 2.17. The van der Waals surface area contributed by atoms with Crippen LogP contribution in [0.25, 0.3) is 0 Å². The lowest BCUT2D eigenvalue weighted by atomic mass is 10.7. The number of hydrogen-bond acceptors (Lipinski definition) is 1. The summed E-state index contributed by atoms with van der Waals surface area (Å²) >= 11 is -0.126. The van der Waals surface area contributed by atoms with E-state index in [1.54, 1.807) is 0 Å². The molecule has 0 aromatic heterocycles. The van der Waals surface area contributed by atoms with E-state index < -0.39 is 16.4 Å². The molecule has 1 nitrogen and oxygen atoms in total. The molecule has 9 heteroatoms. The van der Waals surface area contributed by atoms with Gasteiger partial charge in [0.05, 0.1) is 0 Å². The minimum absolute atomic E-state index is 0.126. The van der Waals surface area contributed by atoms with Gasteiger partial charge < -0.3 is 0 Å². The molecule has 12 heavy (non-hydrogen) atoms. The van der Waals surface area contributed by atoms with Gasteiger partial charge >= 0.3 is 16.4 Å². The largest absolute Gasteiger partial charge is 0.526 e. The topological polar surface area (TPSA) is 9.23 Å². The molecule has 0 rings (SSSR count). The SMILES string of the molecule is FC(F)(F)O[C@](F)(I)C(F)(F)F. The molecular weight excluding hydrogens is 312 g/mol. The third-order valence-corrected chi connectivity index (χ3v) is 1.41. The average Bonchev–Trinajstić information content (AvgIpc) is 1.52. The Bertz CT molecular complexity index is 157. The summed E-state index contributed by atoms with van der Waals surface area (Å²) < 4.78 is 76.9. The monoisotopic (exact) mass is 312 g/mol. The average molecular weight is 312 g/mol. The number of hydrogen-bond donors (Lipinski definition) is 0. The van der Waals surface area contributed by atoms with Gasteiger partial charge in [-0.2, -0.15) is 17.6 Å². The zero-order valence-corrected chi connectivity index (χ0v) is 7.09. The summed E-state index contributed by atoms with van der Waals surface area (Å²) in [5, 5.41) is 0. The molecule has 1 atom stereocenters. The Morgan fingerprint density at radius 3 is 1.25 bits per heavy atom. The molecule has 0 N–H and O–H groups in total. The fraction of sp³-hybridized carbons (Fsp3) is 1.00. The van der Waals surface area contributed by atoms with Gasteiger partial charge in [0.1, 0.15) is 0 Å². The van der Waals surface area contributed by atoms with Crippen molar-refractivity contribution in [3.8, 4) is 0 Å². The first-order valence-corrected chi connectivity index (χ1v) is 3.25. The van der Waals surface area contributed by atoms with Crippen LogP contribution in [-0.2, 0) is 4.74 Å². The second-order valence-corrected chi connectivity index (χ2v) is 2.95. The second kappa shape index (κ2) is 3.16. The van der Waals surface area contributed by atoms with E-state index in [0.29, 0.717) is 0 Å². The summed E-state index contributed by atoms with van der Waals surface area (Å²) in [6.07, 6.45) is -11.4. The molecule has 0 spiro atoms. The Balaban J connectivity index is 4.44. The van der Waals surface area contributed by atoms with Crippen molar-refractivity contribution in [1.29, 1.82) is 0 Å². The maximum Gasteiger partial charge on any atom is 0.526 e. The summed E-state index contributed by atoms with van der Waals surface area (Å²) in [5.74, 6) is 0. The first kappa shape index (κ1) is 12.2. The van der Waals surface area contributed by atoms with E-state index in [9.17, 15) is 30.7 Å². The molecule has 0 aromatic carbocycles. The molecule has 0 saturated carbocycles.